The Morgan fingerprint density at radius 2 is 2.18 bits per heavy atom. The quantitative estimate of drug-likeness (QED) is 0.715. The summed E-state index contributed by atoms with van der Waals surface area (Å²) in [5, 5.41) is 12.1. The van der Waals surface area contributed by atoms with E-state index in [1.54, 1.807) is 4.90 Å². The van der Waals surface area contributed by atoms with Crippen molar-refractivity contribution in [3.63, 3.8) is 0 Å². The molecule has 0 bridgehead atoms. The molecule has 2 atom stereocenters. The molecule has 17 heavy (non-hydrogen) atoms. The van der Waals surface area contributed by atoms with Gasteiger partial charge in [0, 0.05) is 13.0 Å². The lowest BCUT2D eigenvalue weighted by molar-refractivity contribution is -0.137. The molecule has 1 unspecified atom stereocenters. The fraction of sp³-hybridized carbons (Fsp3) is 0.833. The fourth-order valence-corrected chi connectivity index (χ4v) is 2.66. The molecule has 2 aliphatic heterocycles. The van der Waals surface area contributed by atoms with Gasteiger partial charge in [-0.1, -0.05) is 12.8 Å². The molecule has 96 valence electrons. The van der Waals surface area contributed by atoms with Gasteiger partial charge in [-0.05, 0) is 19.3 Å². The minimum atomic E-state index is -0.366. The highest BCUT2D eigenvalue weighted by molar-refractivity contribution is 5.91. The van der Waals surface area contributed by atoms with E-state index in [9.17, 15) is 14.7 Å². The second-order valence-electron chi connectivity index (χ2n) is 4.88. The molecule has 0 aromatic carbocycles. The fourth-order valence-electron chi connectivity index (χ4n) is 2.66. The van der Waals surface area contributed by atoms with Crippen LogP contribution >= 0.6 is 0 Å². The van der Waals surface area contributed by atoms with Gasteiger partial charge in [0.25, 0.3) is 0 Å². The lowest BCUT2D eigenvalue weighted by Gasteiger charge is -2.30. The predicted octanol–water partition coefficient (Wildman–Crippen LogP) is 0.0285. The highest BCUT2D eigenvalue weighted by atomic mass is 16.3. The summed E-state index contributed by atoms with van der Waals surface area (Å²) in [6, 6.07) is -0.433. The Morgan fingerprint density at radius 1 is 1.35 bits per heavy atom. The van der Waals surface area contributed by atoms with E-state index in [4.69, 9.17) is 0 Å². The van der Waals surface area contributed by atoms with Crippen LogP contribution in [0.5, 0.6) is 0 Å². The summed E-state index contributed by atoms with van der Waals surface area (Å²) in [4.78, 5) is 25.2. The molecule has 2 saturated heterocycles. The number of rotatable bonds is 2. The summed E-state index contributed by atoms with van der Waals surface area (Å²) in [5.74, 6) is -0.0597. The van der Waals surface area contributed by atoms with Crippen molar-refractivity contribution < 1.29 is 14.7 Å². The second kappa shape index (κ2) is 5.49. The van der Waals surface area contributed by atoms with E-state index in [2.05, 4.69) is 5.32 Å². The van der Waals surface area contributed by atoms with Crippen molar-refractivity contribution in [2.75, 3.05) is 13.2 Å². The average Bonchev–Trinajstić information content (AvgIpc) is 2.64. The molecule has 0 aromatic rings. The summed E-state index contributed by atoms with van der Waals surface area (Å²) >= 11 is 0. The van der Waals surface area contributed by atoms with Gasteiger partial charge in [0.1, 0.15) is 6.04 Å². The highest BCUT2D eigenvalue weighted by Gasteiger charge is 2.34. The van der Waals surface area contributed by atoms with Crippen LogP contribution < -0.4 is 5.32 Å². The Kier molecular flexibility index (Phi) is 3.99. The Labute approximate surface area is 101 Å². The molecule has 2 rings (SSSR count). The first-order chi connectivity index (χ1) is 8.22. The van der Waals surface area contributed by atoms with Gasteiger partial charge >= 0.3 is 0 Å². The molecule has 5 heteroatoms. The van der Waals surface area contributed by atoms with Crippen molar-refractivity contribution in [3.05, 3.63) is 0 Å². The summed E-state index contributed by atoms with van der Waals surface area (Å²) in [6.45, 7) is 0.725. The Morgan fingerprint density at radius 3 is 2.82 bits per heavy atom. The van der Waals surface area contributed by atoms with Gasteiger partial charge < -0.3 is 15.3 Å². The molecule has 2 aliphatic rings. The van der Waals surface area contributed by atoms with Crippen LogP contribution in [0.3, 0.4) is 0 Å². The SMILES string of the molecule is O=C1CC[C@@H](C(=O)N2CCCCCC2CO)N1. The lowest BCUT2D eigenvalue weighted by atomic mass is 10.1. The maximum atomic E-state index is 12.3. The number of hydrogen-bond donors (Lipinski definition) is 2. The molecule has 0 aliphatic carbocycles. The first kappa shape index (κ1) is 12.4. The number of amides is 2. The smallest absolute Gasteiger partial charge is 0.245 e. The van der Waals surface area contributed by atoms with E-state index < -0.39 is 0 Å². The zero-order valence-electron chi connectivity index (χ0n) is 10.0. The maximum Gasteiger partial charge on any atom is 0.245 e. The van der Waals surface area contributed by atoms with Gasteiger partial charge in [-0.15, -0.1) is 0 Å². The molecule has 2 N–H and O–H groups in total. The third-order valence-electron chi connectivity index (χ3n) is 3.66. The zero-order valence-corrected chi connectivity index (χ0v) is 10.0. The number of hydrogen-bond acceptors (Lipinski definition) is 3. The topological polar surface area (TPSA) is 69.6 Å². The Bertz CT molecular complexity index is 306. The third kappa shape index (κ3) is 2.77. The second-order valence-corrected chi connectivity index (χ2v) is 4.88. The molecule has 0 radical (unpaired) electrons. The molecule has 2 heterocycles. The lowest BCUT2D eigenvalue weighted by Crippen LogP contribution is -2.50. The Hall–Kier alpha value is -1.10. The van der Waals surface area contributed by atoms with Crippen molar-refractivity contribution in [2.24, 2.45) is 0 Å². The van der Waals surface area contributed by atoms with Crippen LogP contribution in [0.25, 0.3) is 0 Å². The van der Waals surface area contributed by atoms with E-state index >= 15 is 0 Å². The number of likely N-dealkylation sites (tertiary alicyclic amines) is 1. The largest absolute Gasteiger partial charge is 0.394 e. The van der Waals surface area contributed by atoms with Crippen LogP contribution in [-0.4, -0.2) is 47.1 Å². The molecule has 0 spiro atoms. The average molecular weight is 240 g/mol. The van der Waals surface area contributed by atoms with Crippen LogP contribution in [0.2, 0.25) is 0 Å². The van der Waals surface area contributed by atoms with E-state index in [1.807, 2.05) is 0 Å². The van der Waals surface area contributed by atoms with E-state index in [0.717, 1.165) is 25.7 Å². The van der Waals surface area contributed by atoms with Crippen molar-refractivity contribution in [1.29, 1.82) is 0 Å². The van der Waals surface area contributed by atoms with Gasteiger partial charge in [-0.3, -0.25) is 9.59 Å². The van der Waals surface area contributed by atoms with Crippen LogP contribution in [-0.2, 0) is 9.59 Å². The van der Waals surface area contributed by atoms with Crippen molar-refractivity contribution in [2.45, 2.75) is 50.6 Å². The van der Waals surface area contributed by atoms with Gasteiger partial charge in [-0.25, -0.2) is 0 Å². The van der Waals surface area contributed by atoms with Crippen molar-refractivity contribution in [1.82, 2.24) is 10.2 Å². The summed E-state index contributed by atoms with van der Waals surface area (Å²) in [5.41, 5.74) is 0. The van der Waals surface area contributed by atoms with E-state index in [0.29, 0.717) is 19.4 Å². The predicted molar refractivity (Wildman–Crippen MR) is 62.2 cm³/mol. The number of carbonyl (C=O) groups is 2. The molecule has 0 saturated carbocycles. The van der Waals surface area contributed by atoms with Gasteiger partial charge in [0.15, 0.2) is 0 Å². The Balaban J connectivity index is 2.02. The number of nitrogens with zero attached hydrogens (tertiary/aromatic N) is 1. The summed E-state index contributed by atoms with van der Waals surface area (Å²) in [7, 11) is 0. The minimum Gasteiger partial charge on any atom is -0.394 e. The van der Waals surface area contributed by atoms with Crippen LogP contribution in [0.1, 0.15) is 38.5 Å². The molecule has 2 amide bonds. The first-order valence-electron chi connectivity index (χ1n) is 6.43. The number of aliphatic hydroxyl groups excluding tert-OH is 1. The van der Waals surface area contributed by atoms with Crippen molar-refractivity contribution in [3.8, 4) is 0 Å². The standard InChI is InChI=1S/C12H20N2O3/c15-8-9-4-2-1-3-7-14(9)12(17)10-5-6-11(16)13-10/h9-10,15H,1-8H2,(H,13,16)/t9?,10-/m0/s1. The maximum absolute atomic E-state index is 12.3. The van der Waals surface area contributed by atoms with Crippen molar-refractivity contribution >= 4 is 11.8 Å². The van der Waals surface area contributed by atoms with Gasteiger partial charge in [0.2, 0.25) is 11.8 Å². The zero-order chi connectivity index (χ0) is 12.3. The number of nitrogens with one attached hydrogen (secondary N) is 1. The highest BCUT2D eigenvalue weighted by Crippen LogP contribution is 2.19. The summed E-state index contributed by atoms with van der Waals surface area (Å²) < 4.78 is 0. The van der Waals surface area contributed by atoms with E-state index in [-0.39, 0.29) is 30.5 Å². The van der Waals surface area contributed by atoms with Crippen LogP contribution in [0.4, 0.5) is 0 Å². The third-order valence-corrected chi connectivity index (χ3v) is 3.66. The van der Waals surface area contributed by atoms with Gasteiger partial charge in [-0.2, -0.15) is 0 Å². The van der Waals surface area contributed by atoms with E-state index in [1.165, 1.54) is 0 Å². The molecule has 0 aromatic heterocycles. The normalized spacial score (nSPS) is 29.9. The minimum absolute atomic E-state index is 0.0169. The number of carbonyl (C=O) groups excluding carboxylic acids is 2. The first-order valence-corrected chi connectivity index (χ1v) is 6.43. The molecule has 5 nitrogen and oxygen atoms in total. The molecular weight excluding hydrogens is 220 g/mol. The molecule has 2 fully saturated rings. The summed E-state index contributed by atoms with van der Waals surface area (Å²) in [6.07, 6.45) is 5.05. The van der Waals surface area contributed by atoms with Crippen LogP contribution in [0.15, 0.2) is 0 Å². The number of aliphatic hydroxyl groups is 1. The molecular formula is C12H20N2O3. The monoisotopic (exact) mass is 240 g/mol. The van der Waals surface area contributed by atoms with Gasteiger partial charge in [0.05, 0.1) is 12.6 Å². The van der Waals surface area contributed by atoms with Crippen LogP contribution in [0, 0.1) is 0 Å².